The highest BCUT2D eigenvalue weighted by Crippen LogP contribution is 2.53. The van der Waals surface area contributed by atoms with Crippen molar-refractivity contribution < 1.29 is 5.21 Å². The van der Waals surface area contributed by atoms with Crippen LogP contribution in [0, 0.1) is 28.6 Å². The molecule has 0 aromatic rings. The highest BCUT2D eigenvalue weighted by atomic mass is 16.6. The quantitative estimate of drug-likeness (QED) is 0.463. The molecule has 0 radical (unpaired) electrons. The van der Waals surface area contributed by atoms with E-state index in [1.165, 1.54) is 29.0 Å². The van der Waals surface area contributed by atoms with Crippen LogP contribution in [-0.2, 0) is 0 Å². The molecule has 4 rings (SSSR count). The minimum atomic E-state index is 1.18. The Morgan fingerprint density at radius 1 is 0.769 bits per heavy atom. The van der Waals surface area contributed by atoms with Crippen molar-refractivity contribution in [2.75, 3.05) is 0 Å². The second kappa shape index (κ2) is 3.64. The van der Waals surface area contributed by atoms with Gasteiger partial charge in [0.25, 0.3) is 0 Å². The summed E-state index contributed by atoms with van der Waals surface area (Å²) >= 11 is 0. The van der Waals surface area contributed by atoms with Crippen LogP contribution in [0.25, 0.3) is 0 Å². The summed E-state index contributed by atoms with van der Waals surface area (Å²) in [5.41, 5.74) is 0. The molecule has 3 heteroatoms. The Labute approximate surface area is 78.5 Å². The molecule has 74 valence electrons. The first kappa shape index (κ1) is 8.97. The van der Waals surface area contributed by atoms with E-state index in [0.29, 0.717) is 0 Å². The topological polar surface area (TPSA) is 49.7 Å². The highest BCUT2D eigenvalue weighted by molar-refractivity contribution is 4.92. The zero-order valence-electron chi connectivity index (χ0n) is 7.85. The third kappa shape index (κ3) is 1.84. The van der Waals surface area contributed by atoms with Gasteiger partial charge in [0.05, 0.1) is 0 Å². The summed E-state index contributed by atoms with van der Waals surface area (Å²) in [4.78, 5) is 8.11. The second-order valence-electron chi connectivity index (χ2n) is 4.96. The van der Waals surface area contributed by atoms with Crippen LogP contribution >= 0.6 is 0 Å². The Bertz CT molecular complexity index is 137. The molecule has 0 aliphatic heterocycles. The van der Waals surface area contributed by atoms with E-state index in [9.17, 15) is 0 Å². The van der Waals surface area contributed by atoms with E-state index in [4.69, 9.17) is 10.1 Å². The van der Waals surface area contributed by atoms with E-state index in [1.807, 2.05) is 0 Å². The second-order valence-corrected chi connectivity index (χ2v) is 4.96. The van der Waals surface area contributed by atoms with Gasteiger partial charge in [-0.05, 0) is 62.2 Å². The Hall–Kier alpha value is -0.600. The van der Waals surface area contributed by atoms with Crippen molar-refractivity contribution in [3.63, 3.8) is 0 Å². The van der Waals surface area contributed by atoms with Crippen LogP contribution in [0.15, 0.2) is 5.34 Å². The van der Waals surface area contributed by atoms with Crippen LogP contribution in [0.4, 0.5) is 0 Å². The summed E-state index contributed by atoms with van der Waals surface area (Å²) < 4.78 is 0. The van der Waals surface area contributed by atoms with Crippen LogP contribution in [0.1, 0.15) is 38.5 Å². The van der Waals surface area contributed by atoms with Gasteiger partial charge >= 0.3 is 0 Å². The number of nitrogens with zero attached hydrogens (tertiary/aromatic N) is 1. The molecule has 4 saturated carbocycles. The maximum Gasteiger partial charge on any atom is 0.152 e. The van der Waals surface area contributed by atoms with Crippen molar-refractivity contribution in [3.05, 3.63) is 4.91 Å². The highest BCUT2D eigenvalue weighted by Gasteiger charge is 2.41. The molecule has 0 unspecified atom stereocenters. The van der Waals surface area contributed by atoms with Crippen molar-refractivity contribution in [2.24, 2.45) is 29.0 Å². The predicted octanol–water partition coefficient (Wildman–Crippen LogP) is 2.97. The summed E-state index contributed by atoms with van der Waals surface area (Å²) in [6.07, 6.45) is 9.62. The molecule has 4 aliphatic carbocycles. The van der Waals surface area contributed by atoms with Crippen LogP contribution in [0.5, 0.6) is 0 Å². The van der Waals surface area contributed by atoms with E-state index in [1.54, 1.807) is 38.5 Å². The van der Waals surface area contributed by atoms with Gasteiger partial charge in [-0.1, -0.05) is 0 Å². The van der Waals surface area contributed by atoms with Gasteiger partial charge in [-0.15, -0.1) is 4.91 Å². The molecule has 0 amide bonds. The lowest BCUT2D eigenvalue weighted by molar-refractivity contribution is 0.0198. The summed E-state index contributed by atoms with van der Waals surface area (Å²) in [5, 5.41) is 7.89. The maximum absolute atomic E-state index is 8.11. The fourth-order valence-electron chi connectivity index (χ4n) is 3.98. The van der Waals surface area contributed by atoms with E-state index in [-0.39, 0.29) is 0 Å². The molecule has 4 bridgehead atoms. The molecule has 0 aromatic carbocycles. The molecule has 4 aliphatic rings. The largest absolute Gasteiger partial charge is 0.379 e. The van der Waals surface area contributed by atoms with Gasteiger partial charge in [-0.3, -0.25) is 0 Å². The summed E-state index contributed by atoms with van der Waals surface area (Å²) in [5.74, 6) is 4.71. The van der Waals surface area contributed by atoms with Crippen LogP contribution < -0.4 is 0 Å². The lowest BCUT2D eigenvalue weighted by Gasteiger charge is -2.49. The number of rotatable bonds is 0. The average molecular weight is 183 g/mol. The molecule has 13 heavy (non-hydrogen) atoms. The third-order valence-electron chi connectivity index (χ3n) is 4.00. The standard InChI is InChI=1S/C10H16.HNO2/c1-7-2-9-4-8(1)5-10(3-7)6-9;2-1-3/h7-10H,1-6H2;(H,2,3). The summed E-state index contributed by atoms with van der Waals surface area (Å²) in [7, 11) is 0. The molecule has 0 saturated heterocycles. The van der Waals surface area contributed by atoms with Gasteiger partial charge in [-0.2, -0.15) is 0 Å². The smallest absolute Gasteiger partial charge is 0.152 e. The van der Waals surface area contributed by atoms with E-state index in [0.717, 1.165) is 0 Å². The van der Waals surface area contributed by atoms with Gasteiger partial charge < -0.3 is 5.21 Å². The van der Waals surface area contributed by atoms with Gasteiger partial charge in [0, 0.05) is 0 Å². The normalized spacial score (nSPS) is 45.2. The van der Waals surface area contributed by atoms with E-state index >= 15 is 0 Å². The number of hydrogen-bond acceptors (Lipinski definition) is 2. The molecule has 0 atom stereocenters. The molecule has 0 spiro atoms. The van der Waals surface area contributed by atoms with Crippen molar-refractivity contribution in [3.8, 4) is 0 Å². The Balaban J connectivity index is 0.000000196. The van der Waals surface area contributed by atoms with Gasteiger partial charge in [0.15, 0.2) is 5.34 Å². The first-order chi connectivity index (χ1) is 6.31. The van der Waals surface area contributed by atoms with Crippen LogP contribution in [0.3, 0.4) is 0 Å². The molecule has 3 nitrogen and oxygen atoms in total. The van der Waals surface area contributed by atoms with E-state index in [2.05, 4.69) is 0 Å². The minimum absolute atomic E-state index is 1.18. The lowest BCUT2D eigenvalue weighted by atomic mass is 9.56. The minimum Gasteiger partial charge on any atom is -0.379 e. The molecule has 1 N–H and O–H groups in total. The SMILES string of the molecule is C1C2CC3CC1CC(C2)C3.O=NO. The van der Waals surface area contributed by atoms with Gasteiger partial charge in [-0.25, -0.2) is 0 Å². The summed E-state index contributed by atoms with van der Waals surface area (Å²) in [6, 6.07) is 0. The summed E-state index contributed by atoms with van der Waals surface area (Å²) in [6.45, 7) is 0. The fourth-order valence-corrected chi connectivity index (χ4v) is 3.98. The fraction of sp³-hybridized carbons (Fsp3) is 1.00. The van der Waals surface area contributed by atoms with Gasteiger partial charge in [0.2, 0.25) is 0 Å². The van der Waals surface area contributed by atoms with Crippen LogP contribution in [-0.4, -0.2) is 5.21 Å². The third-order valence-corrected chi connectivity index (χ3v) is 4.00. The monoisotopic (exact) mass is 183 g/mol. The number of hydrogen-bond donors (Lipinski definition) is 1. The van der Waals surface area contributed by atoms with Crippen molar-refractivity contribution in [1.29, 1.82) is 0 Å². The molecule has 0 aromatic heterocycles. The molecule has 4 fully saturated rings. The van der Waals surface area contributed by atoms with Crippen molar-refractivity contribution in [2.45, 2.75) is 38.5 Å². The molecular weight excluding hydrogens is 166 g/mol. The van der Waals surface area contributed by atoms with Crippen molar-refractivity contribution in [1.82, 2.24) is 0 Å². The van der Waals surface area contributed by atoms with E-state index < -0.39 is 0 Å². The Kier molecular flexibility index (Phi) is 2.51. The first-order valence-electron chi connectivity index (χ1n) is 5.28. The zero-order chi connectivity index (χ0) is 9.26. The van der Waals surface area contributed by atoms with Gasteiger partial charge in [0.1, 0.15) is 0 Å². The zero-order valence-corrected chi connectivity index (χ0v) is 7.85. The molecule has 0 heterocycles. The van der Waals surface area contributed by atoms with Crippen molar-refractivity contribution >= 4 is 0 Å². The Morgan fingerprint density at radius 3 is 1.08 bits per heavy atom. The molecular formula is C10H17NO2. The average Bonchev–Trinajstić information content (AvgIpc) is 2.01. The van der Waals surface area contributed by atoms with Crippen LogP contribution in [0.2, 0.25) is 0 Å². The Morgan fingerprint density at radius 2 is 0.923 bits per heavy atom. The maximum atomic E-state index is 8.11. The first-order valence-corrected chi connectivity index (χ1v) is 5.28. The lowest BCUT2D eigenvalue weighted by Crippen LogP contribution is -2.38. The predicted molar refractivity (Wildman–Crippen MR) is 49.2 cm³/mol.